The average Bonchev–Trinajstić information content (AvgIpc) is 2.10. The van der Waals surface area contributed by atoms with Gasteiger partial charge in [-0.2, -0.15) is 0 Å². The molecule has 0 bridgehead atoms. The molecule has 0 aromatic carbocycles. The lowest BCUT2D eigenvalue weighted by atomic mass is 10.0. The molecule has 0 spiro atoms. The predicted octanol–water partition coefficient (Wildman–Crippen LogP) is 3.12. The van der Waals surface area contributed by atoms with Crippen LogP contribution in [0.3, 0.4) is 0 Å². The first-order chi connectivity index (χ1) is 5.72. The van der Waals surface area contributed by atoms with Gasteiger partial charge in [0.05, 0.1) is 0 Å². The lowest BCUT2D eigenvalue weighted by Gasteiger charge is -2.05. The maximum absolute atomic E-state index is 10.1. The van der Waals surface area contributed by atoms with Crippen molar-refractivity contribution in [2.24, 2.45) is 5.92 Å². The highest BCUT2D eigenvalue weighted by Crippen LogP contribution is 2.11. The molecule has 0 radical (unpaired) electrons. The van der Waals surface area contributed by atoms with E-state index in [4.69, 9.17) is 0 Å². The zero-order valence-electron chi connectivity index (χ0n) is 8.21. The Morgan fingerprint density at radius 1 is 1.50 bits per heavy atom. The number of hydrogen-bond donors (Lipinski definition) is 0. The summed E-state index contributed by atoms with van der Waals surface area (Å²) in [5.41, 5.74) is 1.27. The molecule has 0 heterocycles. The lowest BCUT2D eigenvalue weighted by molar-refractivity contribution is -0.107. The Morgan fingerprint density at radius 2 is 2.17 bits per heavy atom. The second-order valence-corrected chi connectivity index (χ2v) is 2.98. The van der Waals surface area contributed by atoms with Crippen LogP contribution in [0.1, 0.15) is 33.6 Å². The van der Waals surface area contributed by atoms with E-state index in [1.807, 2.05) is 6.08 Å². The monoisotopic (exact) mass is 166 g/mol. The molecule has 1 atom stereocenters. The number of carbonyl (C=O) groups is 1. The normalized spacial score (nSPS) is 15.1. The first kappa shape index (κ1) is 11.2. The summed E-state index contributed by atoms with van der Waals surface area (Å²) in [7, 11) is 0. The SMILES string of the molecule is CC/C=C/C(C)/C(C)=C/CC=O. The van der Waals surface area contributed by atoms with Crippen molar-refractivity contribution in [2.45, 2.75) is 33.6 Å². The van der Waals surface area contributed by atoms with Crippen molar-refractivity contribution in [2.75, 3.05) is 0 Å². The summed E-state index contributed by atoms with van der Waals surface area (Å²) in [5, 5.41) is 0. The molecule has 0 aliphatic rings. The molecule has 0 N–H and O–H groups in total. The molecule has 0 saturated heterocycles. The molecule has 1 heteroatoms. The number of carbonyl (C=O) groups excluding carboxylic acids is 1. The zero-order chi connectivity index (χ0) is 9.40. The molecular formula is C11H18O. The maximum Gasteiger partial charge on any atom is 0.123 e. The topological polar surface area (TPSA) is 17.1 Å². The molecular weight excluding hydrogens is 148 g/mol. The first-order valence-corrected chi connectivity index (χ1v) is 4.49. The summed E-state index contributed by atoms with van der Waals surface area (Å²) in [6.45, 7) is 6.32. The van der Waals surface area contributed by atoms with Crippen LogP contribution in [0.2, 0.25) is 0 Å². The summed E-state index contributed by atoms with van der Waals surface area (Å²) in [6, 6.07) is 0. The van der Waals surface area contributed by atoms with Gasteiger partial charge in [0, 0.05) is 6.42 Å². The molecule has 0 saturated carbocycles. The van der Waals surface area contributed by atoms with Gasteiger partial charge in [0.15, 0.2) is 0 Å². The van der Waals surface area contributed by atoms with Crippen molar-refractivity contribution in [1.29, 1.82) is 0 Å². The standard InChI is InChI=1S/C11H18O/c1-4-5-7-10(2)11(3)8-6-9-12/h5,7-10H,4,6H2,1-3H3/b7-5+,11-8+. The molecule has 0 amide bonds. The molecule has 0 aliphatic carbocycles. The average molecular weight is 166 g/mol. The van der Waals surface area contributed by atoms with Gasteiger partial charge in [-0.05, 0) is 19.3 Å². The van der Waals surface area contributed by atoms with Gasteiger partial charge < -0.3 is 4.79 Å². The van der Waals surface area contributed by atoms with Crippen LogP contribution in [0, 0.1) is 5.92 Å². The van der Waals surface area contributed by atoms with Crippen LogP contribution in [-0.4, -0.2) is 6.29 Å². The Hall–Kier alpha value is -0.850. The minimum atomic E-state index is 0.463. The van der Waals surface area contributed by atoms with Crippen molar-refractivity contribution in [1.82, 2.24) is 0 Å². The van der Waals surface area contributed by atoms with Gasteiger partial charge in [0.2, 0.25) is 0 Å². The van der Waals surface area contributed by atoms with Crippen LogP contribution >= 0.6 is 0 Å². The van der Waals surface area contributed by atoms with Crippen LogP contribution in [0.25, 0.3) is 0 Å². The summed E-state index contributed by atoms with van der Waals surface area (Å²) >= 11 is 0. The quantitative estimate of drug-likeness (QED) is 0.453. The zero-order valence-corrected chi connectivity index (χ0v) is 8.21. The minimum Gasteiger partial charge on any atom is -0.303 e. The van der Waals surface area contributed by atoms with Gasteiger partial charge in [0.1, 0.15) is 6.29 Å². The third kappa shape index (κ3) is 4.89. The molecule has 0 aliphatic heterocycles. The fourth-order valence-corrected chi connectivity index (χ4v) is 0.912. The number of allylic oxidation sites excluding steroid dienone is 4. The molecule has 0 rings (SSSR count). The molecule has 1 nitrogen and oxygen atoms in total. The second kappa shape index (κ2) is 6.84. The lowest BCUT2D eigenvalue weighted by Crippen LogP contribution is -1.91. The van der Waals surface area contributed by atoms with E-state index < -0.39 is 0 Å². The van der Waals surface area contributed by atoms with Gasteiger partial charge in [0.25, 0.3) is 0 Å². The van der Waals surface area contributed by atoms with Crippen LogP contribution in [0.5, 0.6) is 0 Å². The Labute approximate surface area is 75.2 Å². The third-order valence-corrected chi connectivity index (χ3v) is 1.91. The van der Waals surface area contributed by atoms with E-state index >= 15 is 0 Å². The number of rotatable bonds is 5. The number of aldehydes is 1. The van der Waals surface area contributed by atoms with Crippen molar-refractivity contribution in [3.63, 3.8) is 0 Å². The maximum atomic E-state index is 10.1. The van der Waals surface area contributed by atoms with E-state index in [-0.39, 0.29) is 0 Å². The highest BCUT2D eigenvalue weighted by atomic mass is 16.1. The molecule has 1 unspecified atom stereocenters. The predicted molar refractivity (Wildman–Crippen MR) is 53.0 cm³/mol. The van der Waals surface area contributed by atoms with Crippen molar-refractivity contribution < 1.29 is 4.79 Å². The van der Waals surface area contributed by atoms with E-state index in [1.54, 1.807) is 0 Å². The Bertz CT molecular complexity index is 177. The molecule has 68 valence electrons. The second-order valence-electron chi connectivity index (χ2n) is 2.98. The van der Waals surface area contributed by atoms with Crippen LogP contribution in [0.4, 0.5) is 0 Å². The largest absolute Gasteiger partial charge is 0.303 e. The Morgan fingerprint density at radius 3 is 2.67 bits per heavy atom. The van der Waals surface area contributed by atoms with Crippen molar-refractivity contribution >= 4 is 6.29 Å². The van der Waals surface area contributed by atoms with Crippen molar-refractivity contribution in [3.8, 4) is 0 Å². The van der Waals surface area contributed by atoms with Gasteiger partial charge in [-0.25, -0.2) is 0 Å². The van der Waals surface area contributed by atoms with Crippen LogP contribution in [0.15, 0.2) is 23.8 Å². The van der Waals surface area contributed by atoms with Crippen LogP contribution < -0.4 is 0 Å². The summed E-state index contributed by atoms with van der Waals surface area (Å²) in [6.07, 6.45) is 8.86. The summed E-state index contributed by atoms with van der Waals surface area (Å²) in [5.74, 6) is 0.463. The van der Waals surface area contributed by atoms with E-state index in [0.717, 1.165) is 12.7 Å². The van der Waals surface area contributed by atoms with E-state index in [0.29, 0.717) is 12.3 Å². The summed E-state index contributed by atoms with van der Waals surface area (Å²) in [4.78, 5) is 10.1. The number of hydrogen-bond acceptors (Lipinski definition) is 1. The highest BCUT2D eigenvalue weighted by Gasteiger charge is 1.97. The van der Waals surface area contributed by atoms with E-state index in [9.17, 15) is 4.79 Å². The molecule has 0 fully saturated rings. The van der Waals surface area contributed by atoms with Crippen molar-refractivity contribution in [3.05, 3.63) is 23.8 Å². The Kier molecular flexibility index (Phi) is 6.35. The minimum absolute atomic E-state index is 0.463. The molecule has 0 aromatic rings. The third-order valence-electron chi connectivity index (χ3n) is 1.91. The van der Waals surface area contributed by atoms with E-state index in [1.165, 1.54) is 5.57 Å². The fourth-order valence-electron chi connectivity index (χ4n) is 0.912. The van der Waals surface area contributed by atoms with Gasteiger partial charge in [-0.15, -0.1) is 0 Å². The van der Waals surface area contributed by atoms with E-state index in [2.05, 4.69) is 32.9 Å². The Balaban J connectivity index is 3.98. The highest BCUT2D eigenvalue weighted by molar-refractivity contribution is 5.52. The van der Waals surface area contributed by atoms with Crippen LogP contribution in [-0.2, 0) is 4.79 Å². The van der Waals surface area contributed by atoms with Gasteiger partial charge in [-0.3, -0.25) is 0 Å². The van der Waals surface area contributed by atoms with Gasteiger partial charge >= 0.3 is 0 Å². The summed E-state index contributed by atoms with van der Waals surface area (Å²) < 4.78 is 0. The van der Waals surface area contributed by atoms with Gasteiger partial charge in [-0.1, -0.05) is 37.6 Å². The smallest absolute Gasteiger partial charge is 0.123 e. The molecule has 12 heavy (non-hydrogen) atoms. The molecule has 0 aromatic heterocycles. The first-order valence-electron chi connectivity index (χ1n) is 4.49. The fraction of sp³-hybridized carbons (Fsp3) is 0.545.